The Balaban J connectivity index is 1.99. The first-order chi connectivity index (χ1) is 9.61. The van der Waals surface area contributed by atoms with Crippen molar-refractivity contribution < 1.29 is 14.3 Å². The summed E-state index contributed by atoms with van der Waals surface area (Å²) in [6, 6.07) is 8.03. The van der Waals surface area contributed by atoms with Crippen LogP contribution in [0.5, 0.6) is 5.75 Å². The molecule has 0 amide bonds. The van der Waals surface area contributed by atoms with Crippen molar-refractivity contribution in [2.24, 2.45) is 0 Å². The van der Waals surface area contributed by atoms with E-state index in [0.717, 1.165) is 38.0 Å². The Morgan fingerprint density at radius 3 is 2.40 bits per heavy atom. The number of hydrogen-bond acceptors (Lipinski definition) is 3. The first kappa shape index (κ1) is 16.3. The minimum absolute atomic E-state index is 0.298. The van der Waals surface area contributed by atoms with E-state index >= 15 is 0 Å². The van der Waals surface area contributed by atoms with Crippen molar-refractivity contribution in [3.63, 3.8) is 0 Å². The maximum Gasteiger partial charge on any atom is 0.333 e. The molecule has 0 saturated carbocycles. The van der Waals surface area contributed by atoms with E-state index in [1.54, 1.807) is 6.92 Å². The van der Waals surface area contributed by atoms with Crippen molar-refractivity contribution in [1.82, 2.24) is 0 Å². The lowest BCUT2D eigenvalue weighted by Gasteiger charge is -2.08. The van der Waals surface area contributed by atoms with Gasteiger partial charge in [-0.05, 0) is 51.2 Å². The third-order valence-corrected chi connectivity index (χ3v) is 2.97. The molecule has 0 aliphatic rings. The molecule has 0 aliphatic heterocycles. The highest BCUT2D eigenvalue weighted by Gasteiger charge is 2.02. The van der Waals surface area contributed by atoms with Crippen molar-refractivity contribution >= 4 is 5.97 Å². The minimum Gasteiger partial charge on any atom is -0.493 e. The molecule has 0 N–H and O–H groups in total. The molecule has 0 aliphatic carbocycles. The molecule has 1 aromatic rings. The Morgan fingerprint density at radius 1 is 1.10 bits per heavy atom. The second-order valence-electron chi connectivity index (χ2n) is 4.94. The molecule has 0 bridgehead atoms. The lowest BCUT2D eigenvalue weighted by molar-refractivity contribution is -0.139. The van der Waals surface area contributed by atoms with E-state index < -0.39 is 0 Å². The van der Waals surface area contributed by atoms with Gasteiger partial charge in [0.1, 0.15) is 5.75 Å². The minimum atomic E-state index is -0.298. The fourth-order valence-corrected chi connectivity index (χ4v) is 1.75. The van der Waals surface area contributed by atoms with Crippen LogP contribution in [0.25, 0.3) is 0 Å². The number of benzene rings is 1. The number of aryl methyl sites for hydroxylation is 1. The molecule has 3 heteroatoms. The number of ether oxygens (including phenoxy) is 2. The van der Waals surface area contributed by atoms with E-state index in [1.165, 1.54) is 5.56 Å². The van der Waals surface area contributed by atoms with Crippen LogP contribution in [-0.4, -0.2) is 19.2 Å². The maximum absolute atomic E-state index is 11.1. The predicted octanol–water partition coefficient (Wildman–Crippen LogP) is 4.05. The van der Waals surface area contributed by atoms with Gasteiger partial charge in [0, 0.05) is 5.57 Å². The number of rotatable bonds is 9. The molecule has 0 aromatic heterocycles. The van der Waals surface area contributed by atoms with Gasteiger partial charge in [-0.25, -0.2) is 4.79 Å². The van der Waals surface area contributed by atoms with E-state index in [9.17, 15) is 4.79 Å². The second kappa shape index (κ2) is 9.18. The second-order valence-corrected chi connectivity index (χ2v) is 4.94. The fourth-order valence-electron chi connectivity index (χ4n) is 1.75. The molecule has 0 heterocycles. The molecule has 0 radical (unpaired) electrons. The van der Waals surface area contributed by atoms with Gasteiger partial charge in [0.25, 0.3) is 0 Å². The summed E-state index contributed by atoms with van der Waals surface area (Å²) in [6.45, 7) is 8.45. The van der Waals surface area contributed by atoms with Gasteiger partial charge < -0.3 is 9.47 Å². The van der Waals surface area contributed by atoms with Crippen molar-refractivity contribution in [1.29, 1.82) is 0 Å². The zero-order valence-electron chi connectivity index (χ0n) is 12.5. The van der Waals surface area contributed by atoms with Crippen LogP contribution in [-0.2, 0) is 9.53 Å². The number of carbonyl (C=O) groups is 1. The van der Waals surface area contributed by atoms with Crippen molar-refractivity contribution in [2.75, 3.05) is 13.2 Å². The number of para-hydroxylation sites is 1. The first-order valence-corrected chi connectivity index (χ1v) is 7.12. The highest BCUT2D eigenvalue weighted by atomic mass is 16.5. The fraction of sp³-hybridized carbons (Fsp3) is 0.471. The third-order valence-electron chi connectivity index (χ3n) is 2.97. The summed E-state index contributed by atoms with van der Waals surface area (Å²) >= 11 is 0. The summed E-state index contributed by atoms with van der Waals surface area (Å²) in [7, 11) is 0. The normalized spacial score (nSPS) is 10.1. The Labute approximate surface area is 121 Å². The largest absolute Gasteiger partial charge is 0.493 e. The van der Waals surface area contributed by atoms with E-state index in [1.807, 2.05) is 31.2 Å². The van der Waals surface area contributed by atoms with Gasteiger partial charge in [-0.1, -0.05) is 24.8 Å². The Bertz CT molecular complexity index is 438. The topological polar surface area (TPSA) is 35.5 Å². The van der Waals surface area contributed by atoms with Crippen LogP contribution < -0.4 is 4.74 Å². The molecule has 0 saturated heterocycles. The number of esters is 1. The van der Waals surface area contributed by atoms with Gasteiger partial charge in [0.15, 0.2) is 0 Å². The monoisotopic (exact) mass is 276 g/mol. The Kier molecular flexibility index (Phi) is 7.48. The molecule has 0 atom stereocenters. The summed E-state index contributed by atoms with van der Waals surface area (Å²) in [5.74, 6) is 0.663. The molecule has 20 heavy (non-hydrogen) atoms. The zero-order chi connectivity index (χ0) is 14.8. The molecule has 0 unspecified atom stereocenters. The molecule has 1 aromatic carbocycles. The molecular formula is C17H24O3. The summed E-state index contributed by atoms with van der Waals surface area (Å²) in [4.78, 5) is 11.1. The predicted molar refractivity (Wildman–Crippen MR) is 80.9 cm³/mol. The van der Waals surface area contributed by atoms with Crippen molar-refractivity contribution in [2.45, 2.75) is 39.5 Å². The Hall–Kier alpha value is -1.77. The summed E-state index contributed by atoms with van der Waals surface area (Å²) < 4.78 is 10.7. The van der Waals surface area contributed by atoms with Gasteiger partial charge in [0.05, 0.1) is 13.2 Å². The van der Waals surface area contributed by atoms with E-state index in [-0.39, 0.29) is 5.97 Å². The lowest BCUT2D eigenvalue weighted by atomic mass is 10.2. The van der Waals surface area contributed by atoms with Crippen LogP contribution in [0.15, 0.2) is 36.4 Å². The van der Waals surface area contributed by atoms with Crippen LogP contribution in [0.4, 0.5) is 0 Å². The first-order valence-electron chi connectivity index (χ1n) is 7.12. The highest BCUT2D eigenvalue weighted by Crippen LogP contribution is 2.16. The number of hydrogen-bond donors (Lipinski definition) is 0. The van der Waals surface area contributed by atoms with Gasteiger partial charge >= 0.3 is 5.97 Å². The molecule has 110 valence electrons. The van der Waals surface area contributed by atoms with Gasteiger partial charge in [0.2, 0.25) is 0 Å². The molecular weight excluding hydrogens is 252 g/mol. The van der Waals surface area contributed by atoms with Crippen LogP contribution in [0.1, 0.15) is 38.2 Å². The average molecular weight is 276 g/mol. The summed E-state index contributed by atoms with van der Waals surface area (Å²) in [5, 5.41) is 0. The molecule has 1 rings (SSSR count). The average Bonchev–Trinajstić information content (AvgIpc) is 2.43. The summed E-state index contributed by atoms with van der Waals surface area (Å²) in [5.41, 5.74) is 1.62. The molecule has 0 fully saturated rings. The molecule has 3 nitrogen and oxygen atoms in total. The zero-order valence-corrected chi connectivity index (χ0v) is 12.5. The Morgan fingerprint density at radius 2 is 1.75 bits per heavy atom. The van der Waals surface area contributed by atoms with Crippen LogP contribution in [0, 0.1) is 6.92 Å². The van der Waals surface area contributed by atoms with Gasteiger partial charge in [-0.2, -0.15) is 0 Å². The highest BCUT2D eigenvalue weighted by molar-refractivity contribution is 5.86. The van der Waals surface area contributed by atoms with E-state index in [2.05, 4.69) is 6.58 Å². The smallest absolute Gasteiger partial charge is 0.333 e. The van der Waals surface area contributed by atoms with E-state index in [0.29, 0.717) is 12.2 Å². The third kappa shape index (κ3) is 6.41. The van der Waals surface area contributed by atoms with Gasteiger partial charge in [-0.3, -0.25) is 0 Å². The van der Waals surface area contributed by atoms with Crippen LogP contribution in [0.3, 0.4) is 0 Å². The quantitative estimate of drug-likeness (QED) is 0.388. The van der Waals surface area contributed by atoms with E-state index in [4.69, 9.17) is 9.47 Å². The standard InChI is InChI=1S/C17H24O3/c1-14(2)17(18)20-13-9-5-4-8-12-19-16-11-7-6-10-15(16)3/h6-7,10-11H,1,4-5,8-9,12-13H2,2-3H3. The number of carbonyl (C=O) groups excluding carboxylic acids is 1. The lowest BCUT2D eigenvalue weighted by Crippen LogP contribution is -2.06. The SMILES string of the molecule is C=C(C)C(=O)OCCCCCCOc1ccccc1C. The van der Waals surface area contributed by atoms with Crippen molar-refractivity contribution in [3.8, 4) is 5.75 Å². The van der Waals surface area contributed by atoms with Gasteiger partial charge in [-0.15, -0.1) is 0 Å². The van der Waals surface area contributed by atoms with Crippen LogP contribution >= 0.6 is 0 Å². The van der Waals surface area contributed by atoms with Crippen LogP contribution in [0.2, 0.25) is 0 Å². The van der Waals surface area contributed by atoms with Crippen molar-refractivity contribution in [3.05, 3.63) is 42.0 Å². The number of unbranched alkanes of at least 4 members (excludes halogenated alkanes) is 3. The maximum atomic E-state index is 11.1. The molecule has 0 spiro atoms. The summed E-state index contributed by atoms with van der Waals surface area (Å²) in [6.07, 6.45) is 4.03.